The van der Waals surface area contributed by atoms with Gasteiger partial charge >= 0.3 is 0 Å². The van der Waals surface area contributed by atoms with Gasteiger partial charge in [-0.15, -0.1) is 0 Å². The molecule has 0 heteroatoms. The first-order valence-electron chi connectivity index (χ1n) is 6.75. The minimum atomic E-state index is 0.733. The second-order valence-electron chi connectivity index (χ2n) is 5.57. The van der Waals surface area contributed by atoms with Gasteiger partial charge in [-0.3, -0.25) is 0 Å². The third-order valence-electron chi connectivity index (χ3n) is 4.50. The van der Waals surface area contributed by atoms with Crippen molar-refractivity contribution in [3.63, 3.8) is 0 Å². The Morgan fingerprint density at radius 1 is 1.12 bits per heavy atom. The Bertz CT molecular complexity index is 340. The van der Waals surface area contributed by atoms with Gasteiger partial charge in [0.15, 0.2) is 0 Å². The van der Waals surface area contributed by atoms with Crippen molar-refractivity contribution in [3.8, 4) is 0 Å². The number of hydrogen-bond donors (Lipinski definition) is 0. The Kier molecular flexibility index (Phi) is 3.68. The van der Waals surface area contributed by atoms with Crippen LogP contribution in [0.25, 0.3) is 0 Å². The summed E-state index contributed by atoms with van der Waals surface area (Å²) in [6.07, 6.45) is 5.74. The first-order chi connectivity index (χ1) is 7.70. The van der Waals surface area contributed by atoms with Crippen LogP contribution in [0.5, 0.6) is 0 Å². The molecule has 88 valence electrons. The van der Waals surface area contributed by atoms with E-state index in [9.17, 15) is 0 Å². The highest BCUT2D eigenvalue weighted by molar-refractivity contribution is 5.29. The van der Waals surface area contributed by atoms with E-state index in [4.69, 9.17) is 0 Å². The van der Waals surface area contributed by atoms with E-state index in [0.717, 1.165) is 17.8 Å². The molecule has 1 fully saturated rings. The molecule has 1 aromatic rings. The quantitative estimate of drug-likeness (QED) is 0.658. The first-order valence-corrected chi connectivity index (χ1v) is 6.75. The molecule has 2 rings (SSSR count). The highest BCUT2D eigenvalue weighted by Gasteiger charge is 2.27. The smallest absolute Gasteiger partial charge is 0.0157 e. The van der Waals surface area contributed by atoms with Crippen LogP contribution in [0.15, 0.2) is 24.3 Å². The van der Waals surface area contributed by atoms with Crippen molar-refractivity contribution in [1.29, 1.82) is 0 Å². The Balaban J connectivity index is 2.17. The molecule has 3 unspecified atom stereocenters. The van der Waals surface area contributed by atoms with Crippen LogP contribution in [0.3, 0.4) is 0 Å². The maximum atomic E-state index is 2.44. The van der Waals surface area contributed by atoms with Gasteiger partial charge in [-0.2, -0.15) is 0 Å². The predicted octanol–water partition coefficient (Wildman–Crippen LogP) is 4.92. The van der Waals surface area contributed by atoms with Gasteiger partial charge in [0.05, 0.1) is 0 Å². The van der Waals surface area contributed by atoms with Crippen molar-refractivity contribution >= 4 is 0 Å². The summed E-state index contributed by atoms with van der Waals surface area (Å²) in [6, 6.07) is 8.91. The average Bonchev–Trinajstić information content (AvgIpc) is 2.29. The third kappa shape index (κ3) is 2.31. The molecule has 1 aromatic carbocycles. The minimum absolute atomic E-state index is 0.733. The zero-order valence-corrected chi connectivity index (χ0v) is 10.9. The number of rotatable bonds is 2. The largest absolute Gasteiger partial charge is 0.0622 e. The molecule has 0 aliphatic heterocycles. The number of benzene rings is 1. The summed E-state index contributed by atoms with van der Waals surface area (Å²) in [5.74, 6) is 2.54. The normalized spacial score (nSPS) is 27.7. The van der Waals surface area contributed by atoms with E-state index in [1.54, 1.807) is 5.56 Å². The fourth-order valence-corrected chi connectivity index (χ4v) is 3.42. The molecule has 0 saturated heterocycles. The zero-order chi connectivity index (χ0) is 11.5. The summed E-state index contributed by atoms with van der Waals surface area (Å²) in [7, 11) is 0. The van der Waals surface area contributed by atoms with Gasteiger partial charge in [0.1, 0.15) is 0 Å². The van der Waals surface area contributed by atoms with Crippen LogP contribution in [0.1, 0.15) is 56.6 Å². The van der Waals surface area contributed by atoms with Crippen LogP contribution >= 0.6 is 0 Å². The van der Waals surface area contributed by atoms with E-state index < -0.39 is 0 Å². The zero-order valence-electron chi connectivity index (χ0n) is 10.9. The molecular weight excluding hydrogens is 192 g/mol. The molecular formula is C16H24. The number of hydrogen-bond acceptors (Lipinski definition) is 0. The molecule has 0 amide bonds. The topological polar surface area (TPSA) is 0 Å². The van der Waals surface area contributed by atoms with Crippen molar-refractivity contribution < 1.29 is 0 Å². The second-order valence-corrected chi connectivity index (χ2v) is 5.57. The van der Waals surface area contributed by atoms with Crippen LogP contribution in [0.4, 0.5) is 0 Å². The van der Waals surface area contributed by atoms with Crippen LogP contribution in [-0.4, -0.2) is 0 Å². The lowest BCUT2D eigenvalue weighted by Gasteiger charge is -2.34. The van der Waals surface area contributed by atoms with Gasteiger partial charge in [0.2, 0.25) is 0 Å². The summed E-state index contributed by atoms with van der Waals surface area (Å²) >= 11 is 0. The van der Waals surface area contributed by atoms with Crippen molar-refractivity contribution in [2.45, 2.75) is 52.4 Å². The summed E-state index contributed by atoms with van der Waals surface area (Å²) in [6.45, 7) is 7.12. The van der Waals surface area contributed by atoms with Gasteiger partial charge in [-0.05, 0) is 42.2 Å². The average molecular weight is 216 g/mol. The van der Waals surface area contributed by atoms with Gasteiger partial charge < -0.3 is 0 Å². The predicted molar refractivity (Wildman–Crippen MR) is 70.7 cm³/mol. The van der Waals surface area contributed by atoms with E-state index in [-0.39, 0.29) is 0 Å². The molecule has 1 saturated carbocycles. The minimum Gasteiger partial charge on any atom is -0.0622 e. The fourth-order valence-electron chi connectivity index (χ4n) is 3.42. The number of aryl methyl sites for hydroxylation is 1. The van der Waals surface area contributed by atoms with E-state index in [0.29, 0.717) is 0 Å². The van der Waals surface area contributed by atoms with Crippen LogP contribution in [0, 0.1) is 18.8 Å². The van der Waals surface area contributed by atoms with E-state index in [1.165, 1.54) is 31.2 Å². The van der Waals surface area contributed by atoms with Gasteiger partial charge in [0, 0.05) is 0 Å². The highest BCUT2D eigenvalue weighted by atomic mass is 14.3. The first kappa shape index (κ1) is 11.7. The third-order valence-corrected chi connectivity index (χ3v) is 4.50. The molecule has 0 nitrogen and oxygen atoms in total. The molecule has 0 bridgehead atoms. The van der Waals surface area contributed by atoms with E-state index in [2.05, 4.69) is 45.0 Å². The monoisotopic (exact) mass is 216 g/mol. The molecule has 0 heterocycles. The molecule has 0 radical (unpaired) electrons. The lowest BCUT2D eigenvalue weighted by atomic mass is 9.71. The molecule has 1 aliphatic carbocycles. The van der Waals surface area contributed by atoms with Crippen LogP contribution in [-0.2, 0) is 0 Å². The van der Waals surface area contributed by atoms with Gasteiger partial charge in [0.25, 0.3) is 0 Å². The Labute approximate surface area is 100 Å². The van der Waals surface area contributed by atoms with E-state index in [1.807, 2.05) is 0 Å². The standard InChI is InChI=1S/C16H24/c1-12-8-4-6-10-15(12)14(3)16-11-7-5-9-13(16)2/h4,6,8,10,13-14,16H,5,7,9,11H2,1-3H3. The van der Waals surface area contributed by atoms with Crippen molar-refractivity contribution in [3.05, 3.63) is 35.4 Å². The van der Waals surface area contributed by atoms with Gasteiger partial charge in [-0.1, -0.05) is 57.4 Å². The van der Waals surface area contributed by atoms with Crippen LogP contribution in [0.2, 0.25) is 0 Å². The fraction of sp³-hybridized carbons (Fsp3) is 0.625. The van der Waals surface area contributed by atoms with Crippen molar-refractivity contribution in [2.75, 3.05) is 0 Å². The Hall–Kier alpha value is -0.780. The maximum absolute atomic E-state index is 2.44. The summed E-state index contributed by atoms with van der Waals surface area (Å²) in [5.41, 5.74) is 3.04. The van der Waals surface area contributed by atoms with Crippen LogP contribution < -0.4 is 0 Å². The Morgan fingerprint density at radius 2 is 1.81 bits per heavy atom. The van der Waals surface area contributed by atoms with Crippen molar-refractivity contribution in [1.82, 2.24) is 0 Å². The molecule has 0 aromatic heterocycles. The van der Waals surface area contributed by atoms with Gasteiger partial charge in [-0.25, -0.2) is 0 Å². The SMILES string of the molecule is Cc1ccccc1C(C)C1CCCCC1C. The molecule has 1 aliphatic rings. The summed E-state index contributed by atoms with van der Waals surface area (Å²) in [4.78, 5) is 0. The van der Waals surface area contributed by atoms with Crippen molar-refractivity contribution in [2.24, 2.45) is 11.8 Å². The molecule has 0 spiro atoms. The Morgan fingerprint density at radius 3 is 2.50 bits per heavy atom. The highest BCUT2D eigenvalue weighted by Crippen LogP contribution is 2.40. The summed E-state index contributed by atoms with van der Waals surface area (Å²) in [5, 5.41) is 0. The molecule has 0 N–H and O–H groups in total. The lowest BCUT2D eigenvalue weighted by Crippen LogP contribution is -2.22. The lowest BCUT2D eigenvalue weighted by molar-refractivity contribution is 0.224. The maximum Gasteiger partial charge on any atom is -0.0157 e. The molecule has 16 heavy (non-hydrogen) atoms. The summed E-state index contributed by atoms with van der Waals surface area (Å²) < 4.78 is 0. The second kappa shape index (κ2) is 5.03. The van der Waals surface area contributed by atoms with E-state index >= 15 is 0 Å². The molecule has 3 atom stereocenters.